The molecule has 3 rings (SSSR count). The van der Waals surface area contributed by atoms with E-state index in [1.807, 2.05) is 0 Å². The van der Waals surface area contributed by atoms with Gasteiger partial charge in [-0.15, -0.1) is 0 Å². The molecule has 0 spiro atoms. The first-order chi connectivity index (χ1) is 13.8. The minimum Gasteiger partial charge on any atom is -0.370 e. The van der Waals surface area contributed by atoms with Gasteiger partial charge in [0.15, 0.2) is 6.04 Å². The Morgan fingerprint density at radius 3 is 2.55 bits per heavy atom. The average Bonchev–Trinajstić information content (AvgIpc) is 3.51. The molecule has 4 amide bonds. The molecule has 156 valence electrons. The van der Waals surface area contributed by atoms with Crippen LogP contribution in [0.4, 0.5) is 20.2 Å². The first kappa shape index (κ1) is 20.6. The van der Waals surface area contributed by atoms with Gasteiger partial charge in [0.2, 0.25) is 11.8 Å². The normalized spacial score (nSPS) is 17.8. The van der Waals surface area contributed by atoms with Crippen molar-refractivity contribution < 1.29 is 32.7 Å². The number of nitrogens with one attached hydrogen (secondary N) is 2. The van der Waals surface area contributed by atoms with Gasteiger partial charge >= 0.3 is 0 Å². The Balaban J connectivity index is 1.79. The van der Waals surface area contributed by atoms with E-state index < -0.39 is 35.8 Å². The fourth-order valence-electron chi connectivity index (χ4n) is 2.88. The number of carbonyl (C=O) groups is 4. The van der Waals surface area contributed by atoms with Crippen LogP contribution in [0.5, 0.6) is 0 Å². The van der Waals surface area contributed by atoms with Gasteiger partial charge in [0.1, 0.15) is 6.61 Å². The Hall–Kier alpha value is -3.08. The zero-order valence-corrected chi connectivity index (χ0v) is 15.3. The van der Waals surface area contributed by atoms with Crippen LogP contribution >= 0.6 is 0 Å². The molecule has 1 atom stereocenters. The third kappa shape index (κ3) is 4.86. The number of primary amides is 1. The molecule has 1 aromatic carbocycles. The van der Waals surface area contributed by atoms with E-state index >= 15 is 0 Å². The molecule has 2 fully saturated rings. The van der Waals surface area contributed by atoms with E-state index in [0.29, 0.717) is 12.8 Å². The lowest BCUT2D eigenvalue weighted by Gasteiger charge is -2.27. The third-order valence-corrected chi connectivity index (χ3v) is 4.61. The Kier molecular flexibility index (Phi) is 6.06. The molecule has 0 bridgehead atoms. The summed E-state index contributed by atoms with van der Waals surface area (Å²) in [6.45, 7) is 0.336. The molecule has 0 unspecified atom stereocenters. The largest absolute Gasteiger partial charge is 0.370 e. The topological polar surface area (TPSA) is 131 Å². The maximum absolute atomic E-state index is 13.6. The molecular formula is C18H20F2N4O5. The van der Waals surface area contributed by atoms with Gasteiger partial charge in [-0.2, -0.15) is 0 Å². The fraction of sp³-hybridized carbons (Fsp3) is 0.444. The van der Waals surface area contributed by atoms with Crippen LogP contribution in [0.2, 0.25) is 0 Å². The third-order valence-electron chi connectivity index (χ3n) is 4.61. The molecule has 29 heavy (non-hydrogen) atoms. The molecule has 0 radical (unpaired) electrons. The second-order valence-corrected chi connectivity index (χ2v) is 6.78. The molecule has 11 heteroatoms. The number of alkyl halides is 2. The lowest BCUT2D eigenvalue weighted by molar-refractivity contribution is -0.133. The number of morpholine rings is 1. The summed E-state index contributed by atoms with van der Waals surface area (Å²) in [5, 5.41) is 4.45. The predicted molar refractivity (Wildman–Crippen MR) is 97.0 cm³/mol. The highest BCUT2D eigenvalue weighted by Gasteiger charge is 2.35. The zero-order chi connectivity index (χ0) is 21.1. The number of halogens is 2. The van der Waals surface area contributed by atoms with Gasteiger partial charge in [0.25, 0.3) is 18.2 Å². The number of carbonyl (C=O) groups excluding carboxylic acids is 4. The number of ether oxygens (including phenoxy) is 1. The van der Waals surface area contributed by atoms with Crippen LogP contribution in [-0.2, 0) is 23.9 Å². The number of hydrogen-bond acceptors (Lipinski definition) is 5. The van der Waals surface area contributed by atoms with E-state index in [-0.39, 0.29) is 43.0 Å². The van der Waals surface area contributed by atoms with Crippen molar-refractivity contribution in [2.75, 3.05) is 30.0 Å². The SMILES string of the molecule is NC(=O)[C@@H](NC(=O)C1CC1)C(=O)Nc1ccc(N2CCOCC2=O)cc1C(F)F. The van der Waals surface area contributed by atoms with Crippen molar-refractivity contribution in [1.29, 1.82) is 0 Å². The molecule has 0 aromatic heterocycles. The number of nitrogens with zero attached hydrogens (tertiary/aromatic N) is 1. The Morgan fingerprint density at radius 2 is 1.97 bits per heavy atom. The summed E-state index contributed by atoms with van der Waals surface area (Å²) in [5.74, 6) is -3.26. The molecule has 1 aliphatic heterocycles. The summed E-state index contributed by atoms with van der Waals surface area (Å²) >= 11 is 0. The highest BCUT2D eigenvalue weighted by atomic mass is 19.3. The first-order valence-electron chi connectivity index (χ1n) is 8.98. The van der Waals surface area contributed by atoms with Crippen LogP contribution < -0.4 is 21.3 Å². The molecular weight excluding hydrogens is 390 g/mol. The number of amides is 4. The van der Waals surface area contributed by atoms with Gasteiger partial charge in [-0.05, 0) is 31.0 Å². The van der Waals surface area contributed by atoms with E-state index in [0.717, 1.165) is 6.07 Å². The van der Waals surface area contributed by atoms with Crippen LogP contribution in [0.15, 0.2) is 18.2 Å². The molecule has 9 nitrogen and oxygen atoms in total. The summed E-state index contributed by atoms with van der Waals surface area (Å²) < 4.78 is 32.1. The molecule has 1 aliphatic carbocycles. The molecule has 1 saturated heterocycles. The van der Waals surface area contributed by atoms with Crippen LogP contribution in [-0.4, -0.2) is 49.4 Å². The van der Waals surface area contributed by atoms with E-state index in [1.54, 1.807) is 0 Å². The van der Waals surface area contributed by atoms with Crippen LogP contribution in [0, 0.1) is 5.92 Å². The highest BCUT2D eigenvalue weighted by molar-refractivity contribution is 6.12. The fourth-order valence-corrected chi connectivity index (χ4v) is 2.88. The predicted octanol–water partition coefficient (Wildman–Crippen LogP) is 0.306. The van der Waals surface area contributed by atoms with Gasteiger partial charge in [-0.3, -0.25) is 19.2 Å². The van der Waals surface area contributed by atoms with E-state index in [4.69, 9.17) is 10.5 Å². The summed E-state index contributed by atoms with van der Waals surface area (Å²) in [7, 11) is 0. The second kappa shape index (κ2) is 8.52. The Labute approximate surface area is 164 Å². The summed E-state index contributed by atoms with van der Waals surface area (Å²) in [6.07, 6.45) is -1.67. The van der Waals surface area contributed by atoms with Crippen molar-refractivity contribution in [3.05, 3.63) is 23.8 Å². The number of benzene rings is 1. The number of rotatable bonds is 7. The molecule has 4 N–H and O–H groups in total. The maximum Gasteiger partial charge on any atom is 0.265 e. The number of nitrogens with two attached hydrogens (primary N) is 1. The maximum atomic E-state index is 13.6. The van der Waals surface area contributed by atoms with Crippen molar-refractivity contribution >= 4 is 35.0 Å². The van der Waals surface area contributed by atoms with E-state index in [1.165, 1.54) is 17.0 Å². The summed E-state index contributed by atoms with van der Waals surface area (Å²) in [6, 6.07) is 2.01. The Morgan fingerprint density at radius 1 is 1.24 bits per heavy atom. The van der Waals surface area contributed by atoms with E-state index in [2.05, 4.69) is 10.6 Å². The van der Waals surface area contributed by atoms with Crippen molar-refractivity contribution in [3.8, 4) is 0 Å². The van der Waals surface area contributed by atoms with Gasteiger partial charge < -0.3 is 26.0 Å². The monoisotopic (exact) mass is 410 g/mol. The number of hydrogen-bond donors (Lipinski definition) is 3. The first-order valence-corrected chi connectivity index (χ1v) is 8.98. The van der Waals surface area contributed by atoms with Crippen LogP contribution in [0.25, 0.3) is 0 Å². The van der Waals surface area contributed by atoms with Crippen molar-refractivity contribution in [2.45, 2.75) is 25.3 Å². The minimum absolute atomic E-state index is 0.149. The van der Waals surface area contributed by atoms with E-state index in [9.17, 15) is 28.0 Å². The standard InChI is InChI=1S/C18H20F2N4O5/c19-15(20)11-7-10(24-5-6-29-8-13(24)25)3-4-12(11)22-18(28)14(16(21)26)23-17(27)9-1-2-9/h3-4,7,9,14-15H,1-2,5-6,8H2,(H2,21,26)(H,22,28)(H,23,27)/t14-/m1/s1. The molecule has 1 aromatic rings. The molecule has 2 aliphatic rings. The average molecular weight is 410 g/mol. The van der Waals surface area contributed by atoms with Crippen molar-refractivity contribution in [1.82, 2.24) is 5.32 Å². The molecule has 1 heterocycles. The lowest BCUT2D eigenvalue weighted by Crippen LogP contribution is -2.52. The molecule has 1 saturated carbocycles. The summed E-state index contributed by atoms with van der Waals surface area (Å²) in [4.78, 5) is 49.0. The van der Waals surface area contributed by atoms with Crippen LogP contribution in [0.1, 0.15) is 24.8 Å². The second-order valence-electron chi connectivity index (χ2n) is 6.78. The van der Waals surface area contributed by atoms with Gasteiger partial charge in [0.05, 0.1) is 6.61 Å². The smallest absolute Gasteiger partial charge is 0.265 e. The quantitative estimate of drug-likeness (QED) is 0.557. The van der Waals surface area contributed by atoms with Crippen LogP contribution in [0.3, 0.4) is 0 Å². The summed E-state index contributed by atoms with van der Waals surface area (Å²) in [5.41, 5.74) is 4.63. The van der Waals surface area contributed by atoms with Gasteiger partial charge in [-0.25, -0.2) is 8.78 Å². The van der Waals surface area contributed by atoms with Crippen molar-refractivity contribution in [2.24, 2.45) is 11.7 Å². The minimum atomic E-state index is -2.96. The van der Waals surface area contributed by atoms with Gasteiger partial charge in [-0.1, -0.05) is 0 Å². The number of anilines is 2. The lowest BCUT2D eigenvalue weighted by atomic mass is 10.1. The zero-order valence-electron chi connectivity index (χ0n) is 15.3. The Bertz CT molecular complexity index is 844. The van der Waals surface area contributed by atoms with Gasteiger partial charge in [0, 0.05) is 29.4 Å². The van der Waals surface area contributed by atoms with Crippen molar-refractivity contribution in [3.63, 3.8) is 0 Å². The highest BCUT2D eigenvalue weighted by Crippen LogP contribution is 2.32.